The third-order valence-electron chi connectivity index (χ3n) is 4.34. The summed E-state index contributed by atoms with van der Waals surface area (Å²) in [5.41, 5.74) is 4.66. The topological polar surface area (TPSA) is 64.4 Å². The molecule has 4 rings (SSSR count). The van der Waals surface area contributed by atoms with Gasteiger partial charge < -0.3 is 14.5 Å². The summed E-state index contributed by atoms with van der Waals surface area (Å²) >= 11 is 0. The summed E-state index contributed by atoms with van der Waals surface area (Å²) in [6.07, 6.45) is 0. The molecule has 0 atom stereocenters. The fourth-order valence-electron chi connectivity index (χ4n) is 2.98. The van der Waals surface area contributed by atoms with E-state index in [4.69, 9.17) is 9.15 Å². The number of rotatable bonds is 5. The number of benzene rings is 3. The number of ether oxygens (including phenoxy) is 1. The average Bonchev–Trinajstić information content (AvgIpc) is 3.12. The minimum absolute atomic E-state index is 0.190. The highest BCUT2D eigenvalue weighted by Crippen LogP contribution is 2.27. The predicted molar refractivity (Wildman–Crippen MR) is 110 cm³/mol. The highest BCUT2D eigenvalue weighted by Gasteiger charge is 2.11. The molecular weight excluding hydrogens is 352 g/mol. The van der Waals surface area contributed by atoms with Crippen molar-refractivity contribution >= 4 is 22.7 Å². The van der Waals surface area contributed by atoms with E-state index < -0.39 is 0 Å². The summed E-state index contributed by atoms with van der Waals surface area (Å²) in [5.74, 6) is 1.12. The third-order valence-corrected chi connectivity index (χ3v) is 4.34. The molecule has 0 saturated carbocycles. The molecule has 0 bridgehead atoms. The first-order chi connectivity index (χ1) is 13.6. The predicted octanol–water partition coefficient (Wildman–Crippen LogP) is 5.45. The summed E-state index contributed by atoms with van der Waals surface area (Å²) < 4.78 is 11.3. The number of aryl methyl sites for hydroxylation is 1. The molecule has 28 heavy (non-hydrogen) atoms. The number of aromatic nitrogens is 1. The number of oxazole rings is 1. The Hall–Kier alpha value is -3.60. The van der Waals surface area contributed by atoms with E-state index in [-0.39, 0.29) is 5.91 Å². The number of hydrogen-bond donors (Lipinski definition) is 1. The zero-order chi connectivity index (χ0) is 19.5. The van der Waals surface area contributed by atoms with Crippen LogP contribution in [-0.2, 0) is 0 Å². The molecule has 0 aliphatic heterocycles. The van der Waals surface area contributed by atoms with E-state index in [2.05, 4.69) is 10.3 Å². The summed E-state index contributed by atoms with van der Waals surface area (Å²) in [6, 6.07) is 20.5. The van der Waals surface area contributed by atoms with E-state index in [1.54, 1.807) is 30.3 Å². The quantitative estimate of drug-likeness (QED) is 0.506. The molecule has 1 N–H and O–H groups in total. The zero-order valence-electron chi connectivity index (χ0n) is 15.7. The second-order valence-electron chi connectivity index (χ2n) is 6.48. The highest BCUT2D eigenvalue weighted by molar-refractivity contribution is 6.05. The van der Waals surface area contributed by atoms with Crippen LogP contribution in [0.15, 0.2) is 71.1 Å². The number of hydrogen-bond acceptors (Lipinski definition) is 4. The Morgan fingerprint density at radius 2 is 1.89 bits per heavy atom. The van der Waals surface area contributed by atoms with Gasteiger partial charge in [-0.2, -0.15) is 0 Å². The molecule has 0 saturated heterocycles. The maximum Gasteiger partial charge on any atom is 0.255 e. The fourth-order valence-corrected chi connectivity index (χ4v) is 2.98. The Kier molecular flexibility index (Phi) is 4.81. The summed E-state index contributed by atoms with van der Waals surface area (Å²) in [6.45, 7) is 4.54. The molecule has 0 radical (unpaired) electrons. The van der Waals surface area contributed by atoms with Crippen molar-refractivity contribution in [2.75, 3.05) is 11.9 Å². The molecule has 1 aromatic heterocycles. The minimum atomic E-state index is -0.190. The van der Waals surface area contributed by atoms with E-state index in [1.807, 2.05) is 50.2 Å². The SMILES string of the molecule is CCOc1ccc(C(=O)Nc2ccc3oc(-c4cccc(C)c4)nc3c2)cc1. The highest BCUT2D eigenvalue weighted by atomic mass is 16.5. The Labute approximate surface area is 163 Å². The minimum Gasteiger partial charge on any atom is -0.494 e. The third kappa shape index (κ3) is 3.74. The maximum atomic E-state index is 12.5. The molecule has 5 nitrogen and oxygen atoms in total. The average molecular weight is 372 g/mol. The fraction of sp³-hybridized carbons (Fsp3) is 0.130. The van der Waals surface area contributed by atoms with Crippen molar-refractivity contribution in [3.05, 3.63) is 77.9 Å². The normalized spacial score (nSPS) is 10.8. The Morgan fingerprint density at radius 3 is 2.64 bits per heavy atom. The molecule has 5 heteroatoms. The second-order valence-corrected chi connectivity index (χ2v) is 6.48. The summed E-state index contributed by atoms with van der Waals surface area (Å²) in [5, 5.41) is 2.90. The van der Waals surface area contributed by atoms with Gasteiger partial charge in [0, 0.05) is 16.8 Å². The molecule has 0 aliphatic rings. The van der Waals surface area contributed by atoms with Gasteiger partial charge in [-0.15, -0.1) is 0 Å². The van der Waals surface area contributed by atoms with Crippen molar-refractivity contribution in [1.29, 1.82) is 0 Å². The summed E-state index contributed by atoms with van der Waals surface area (Å²) in [7, 11) is 0. The van der Waals surface area contributed by atoms with Gasteiger partial charge in [0.15, 0.2) is 5.58 Å². The Morgan fingerprint density at radius 1 is 1.07 bits per heavy atom. The van der Waals surface area contributed by atoms with Gasteiger partial charge in [-0.25, -0.2) is 4.98 Å². The van der Waals surface area contributed by atoms with Gasteiger partial charge in [0.2, 0.25) is 5.89 Å². The van der Waals surface area contributed by atoms with Crippen LogP contribution < -0.4 is 10.1 Å². The molecular formula is C23H20N2O3. The van der Waals surface area contributed by atoms with E-state index in [0.29, 0.717) is 34.8 Å². The lowest BCUT2D eigenvalue weighted by Crippen LogP contribution is -2.11. The van der Waals surface area contributed by atoms with Crippen molar-refractivity contribution in [3.63, 3.8) is 0 Å². The van der Waals surface area contributed by atoms with Gasteiger partial charge in [-0.3, -0.25) is 4.79 Å². The second kappa shape index (κ2) is 7.56. The van der Waals surface area contributed by atoms with Crippen LogP contribution in [0.25, 0.3) is 22.6 Å². The lowest BCUT2D eigenvalue weighted by atomic mass is 10.1. The van der Waals surface area contributed by atoms with E-state index in [9.17, 15) is 4.79 Å². The number of amides is 1. The lowest BCUT2D eigenvalue weighted by molar-refractivity contribution is 0.102. The van der Waals surface area contributed by atoms with Crippen LogP contribution in [0.1, 0.15) is 22.8 Å². The van der Waals surface area contributed by atoms with Crippen LogP contribution in [0.2, 0.25) is 0 Å². The van der Waals surface area contributed by atoms with Gasteiger partial charge in [-0.05, 0) is 68.4 Å². The first kappa shape index (κ1) is 17.8. The van der Waals surface area contributed by atoms with Gasteiger partial charge in [0.1, 0.15) is 11.3 Å². The molecule has 3 aromatic carbocycles. The van der Waals surface area contributed by atoms with E-state index >= 15 is 0 Å². The molecule has 1 amide bonds. The summed E-state index contributed by atoms with van der Waals surface area (Å²) in [4.78, 5) is 17.1. The lowest BCUT2D eigenvalue weighted by Gasteiger charge is -2.06. The number of nitrogens with one attached hydrogen (secondary N) is 1. The Bertz CT molecular complexity index is 1130. The molecule has 4 aromatic rings. The van der Waals surface area contributed by atoms with Crippen molar-refractivity contribution in [2.45, 2.75) is 13.8 Å². The number of carbonyl (C=O) groups is 1. The Balaban J connectivity index is 1.55. The number of nitrogens with zero attached hydrogens (tertiary/aromatic N) is 1. The van der Waals surface area contributed by atoms with Crippen LogP contribution in [0.4, 0.5) is 5.69 Å². The van der Waals surface area contributed by atoms with E-state index in [0.717, 1.165) is 16.9 Å². The number of fused-ring (bicyclic) bond motifs is 1. The largest absolute Gasteiger partial charge is 0.494 e. The monoisotopic (exact) mass is 372 g/mol. The first-order valence-electron chi connectivity index (χ1n) is 9.14. The van der Waals surface area contributed by atoms with Crippen molar-refractivity contribution in [1.82, 2.24) is 4.98 Å². The van der Waals surface area contributed by atoms with Crippen LogP contribution in [0.3, 0.4) is 0 Å². The van der Waals surface area contributed by atoms with Gasteiger partial charge in [0.05, 0.1) is 6.61 Å². The van der Waals surface area contributed by atoms with Gasteiger partial charge in [0.25, 0.3) is 5.91 Å². The van der Waals surface area contributed by atoms with Crippen molar-refractivity contribution in [2.24, 2.45) is 0 Å². The zero-order valence-corrected chi connectivity index (χ0v) is 15.7. The molecule has 0 spiro atoms. The smallest absolute Gasteiger partial charge is 0.255 e. The van der Waals surface area contributed by atoms with Crippen LogP contribution in [0, 0.1) is 6.92 Å². The number of anilines is 1. The maximum absolute atomic E-state index is 12.5. The molecule has 1 heterocycles. The standard InChI is InChI=1S/C23H20N2O3/c1-3-27-19-10-7-16(8-11-19)22(26)24-18-9-12-21-20(14-18)25-23(28-21)17-6-4-5-15(2)13-17/h4-14H,3H2,1-2H3,(H,24,26). The van der Waals surface area contributed by atoms with Crippen LogP contribution in [0.5, 0.6) is 5.75 Å². The first-order valence-corrected chi connectivity index (χ1v) is 9.14. The molecule has 140 valence electrons. The van der Waals surface area contributed by atoms with Gasteiger partial charge in [-0.1, -0.05) is 17.7 Å². The van der Waals surface area contributed by atoms with Gasteiger partial charge >= 0.3 is 0 Å². The van der Waals surface area contributed by atoms with Crippen molar-refractivity contribution < 1.29 is 13.9 Å². The molecule has 0 unspecified atom stereocenters. The van der Waals surface area contributed by atoms with E-state index in [1.165, 1.54) is 0 Å². The van der Waals surface area contributed by atoms with Crippen molar-refractivity contribution in [3.8, 4) is 17.2 Å². The van der Waals surface area contributed by atoms with Crippen LogP contribution >= 0.6 is 0 Å². The molecule has 0 aliphatic carbocycles. The van der Waals surface area contributed by atoms with Crippen LogP contribution in [-0.4, -0.2) is 17.5 Å². The number of carbonyl (C=O) groups excluding carboxylic acids is 1. The molecule has 0 fully saturated rings.